The fourth-order valence-electron chi connectivity index (χ4n) is 2.38. The molecule has 104 valence electrons. The number of hydrogen-bond acceptors (Lipinski definition) is 4. The topological polar surface area (TPSA) is 67.6 Å². The predicted octanol–water partition coefficient (Wildman–Crippen LogP) is 0.376. The van der Waals surface area contributed by atoms with Crippen molar-refractivity contribution in [3.63, 3.8) is 0 Å². The van der Waals surface area contributed by atoms with Gasteiger partial charge in [0.15, 0.2) is 0 Å². The van der Waals surface area contributed by atoms with Gasteiger partial charge in [0.25, 0.3) is 5.91 Å². The van der Waals surface area contributed by atoms with E-state index in [1.54, 1.807) is 7.11 Å². The van der Waals surface area contributed by atoms with Crippen molar-refractivity contribution in [2.75, 3.05) is 33.3 Å². The summed E-state index contributed by atoms with van der Waals surface area (Å²) in [5.74, 6) is 0.613. The minimum absolute atomic E-state index is 0.00231. The van der Waals surface area contributed by atoms with Crippen molar-refractivity contribution >= 4 is 5.91 Å². The Morgan fingerprint density at radius 1 is 1.58 bits per heavy atom. The summed E-state index contributed by atoms with van der Waals surface area (Å²) < 4.78 is 5.29. The van der Waals surface area contributed by atoms with Crippen molar-refractivity contribution in [2.45, 2.75) is 13.0 Å². The van der Waals surface area contributed by atoms with Crippen LogP contribution >= 0.6 is 0 Å². The number of rotatable bonds is 3. The van der Waals surface area contributed by atoms with Crippen LogP contribution in [0.2, 0.25) is 0 Å². The summed E-state index contributed by atoms with van der Waals surface area (Å²) in [5.41, 5.74) is 7.40. The second kappa shape index (κ2) is 6.04. The molecule has 1 fully saturated rings. The number of nitrogens with one attached hydrogen (secondary N) is 1. The van der Waals surface area contributed by atoms with Gasteiger partial charge in [-0.2, -0.15) is 0 Å². The van der Waals surface area contributed by atoms with Gasteiger partial charge in [0.1, 0.15) is 5.75 Å². The van der Waals surface area contributed by atoms with Gasteiger partial charge in [0, 0.05) is 26.2 Å². The van der Waals surface area contributed by atoms with Gasteiger partial charge >= 0.3 is 0 Å². The fraction of sp³-hybridized carbons (Fsp3) is 0.500. The summed E-state index contributed by atoms with van der Waals surface area (Å²) >= 11 is 0. The van der Waals surface area contributed by atoms with E-state index in [0.717, 1.165) is 18.7 Å². The maximum Gasteiger partial charge on any atom is 0.258 e. The average molecular weight is 263 g/mol. The third-order valence-electron chi connectivity index (χ3n) is 3.47. The Bertz CT molecular complexity index is 462. The van der Waals surface area contributed by atoms with Crippen LogP contribution in [-0.2, 0) is 0 Å². The first-order chi connectivity index (χ1) is 9.17. The van der Waals surface area contributed by atoms with Gasteiger partial charge in [-0.05, 0) is 19.1 Å². The fourth-order valence-corrected chi connectivity index (χ4v) is 2.38. The van der Waals surface area contributed by atoms with Crippen molar-refractivity contribution in [3.05, 3.63) is 29.3 Å². The Morgan fingerprint density at radius 3 is 3.05 bits per heavy atom. The number of ether oxygens (including phenoxy) is 1. The molecule has 3 N–H and O–H groups in total. The third-order valence-corrected chi connectivity index (χ3v) is 3.47. The Kier molecular flexibility index (Phi) is 4.39. The van der Waals surface area contributed by atoms with Crippen molar-refractivity contribution in [2.24, 2.45) is 5.73 Å². The van der Waals surface area contributed by atoms with Gasteiger partial charge < -0.3 is 20.7 Å². The molecule has 0 spiro atoms. The SMILES string of the molecule is COc1ccc(C)cc1C(=O)N1CCNCC1CN. The average Bonchev–Trinajstić information content (AvgIpc) is 2.46. The molecule has 1 aromatic carbocycles. The number of nitrogens with two attached hydrogens (primary N) is 1. The molecule has 5 nitrogen and oxygen atoms in total. The van der Waals surface area contributed by atoms with E-state index in [9.17, 15) is 4.79 Å². The summed E-state index contributed by atoms with van der Waals surface area (Å²) in [6.45, 7) is 4.66. The van der Waals surface area contributed by atoms with Crippen LogP contribution < -0.4 is 15.8 Å². The van der Waals surface area contributed by atoms with Crippen molar-refractivity contribution in [1.82, 2.24) is 10.2 Å². The quantitative estimate of drug-likeness (QED) is 0.827. The highest BCUT2D eigenvalue weighted by Gasteiger charge is 2.28. The summed E-state index contributed by atoms with van der Waals surface area (Å²) in [6.07, 6.45) is 0. The molecular weight excluding hydrogens is 242 g/mol. The normalized spacial score (nSPS) is 19.3. The highest BCUT2D eigenvalue weighted by atomic mass is 16.5. The molecular formula is C14H21N3O2. The van der Waals surface area contributed by atoms with Crippen LogP contribution in [0.15, 0.2) is 18.2 Å². The largest absolute Gasteiger partial charge is 0.496 e. The molecule has 0 bridgehead atoms. The predicted molar refractivity (Wildman–Crippen MR) is 74.5 cm³/mol. The molecule has 0 aliphatic carbocycles. The highest BCUT2D eigenvalue weighted by molar-refractivity contribution is 5.97. The molecule has 1 atom stereocenters. The molecule has 1 aliphatic rings. The van der Waals surface area contributed by atoms with E-state index in [2.05, 4.69) is 5.32 Å². The summed E-state index contributed by atoms with van der Waals surface area (Å²) in [7, 11) is 1.58. The zero-order valence-electron chi connectivity index (χ0n) is 11.5. The zero-order valence-corrected chi connectivity index (χ0v) is 11.5. The first-order valence-electron chi connectivity index (χ1n) is 6.53. The van der Waals surface area contributed by atoms with E-state index in [1.165, 1.54) is 0 Å². The summed E-state index contributed by atoms with van der Waals surface area (Å²) in [6, 6.07) is 5.69. The van der Waals surface area contributed by atoms with Crippen molar-refractivity contribution < 1.29 is 9.53 Å². The lowest BCUT2D eigenvalue weighted by Crippen LogP contribution is -2.56. The van der Waals surface area contributed by atoms with E-state index in [-0.39, 0.29) is 11.9 Å². The van der Waals surface area contributed by atoms with Crippen LogP contribution in [0, 0.1) is 6.92 Å². The number of carbonyl (C=O) groups excluding carboxylic acids is 1. The number of piperazine rings is 1. The number of nitrogens with zero attached hydrogens (tertiary/aromatic N) is 1. The van der Waals surface area contributed by atoms with E-state index in [1.807, 2.05) is 30.0 Å². The van der Waals surface area contributed by atoms with Gasteiger partial charge in [-0.15, -0.1) is 0 Å². The zero-order chi connectivity index (χ0) is 13.8. The van der Waals surface area contributed by atoms with Crippen molar-refractivity contribution in [1.29, 1.82) is 0 Å². The van der Waals surface area contributed by atoms with Crippen LogP contribution in [0.4, 0.5) is 0 Å². The Labute approximate surface area is 113 Å². The summed E-state index contributed by atoms with van der Waals surface area (Å²) in [5, 5.41) is 3.26. The molecule has 1 aliphatic heterocycles. The monoisotopic (exact) mass is 263 g/mol. The number of methoxy groups -OCH3 is 1. The number of benzene rings is 1. The number of amides is 1. The second-order valence-electron chi connectivity index (χ2n) is 4.80. The Balaban J connectivity index is 2.29. The number of hydrogen-bond donors (Lipinski definition) is 2. The lowest BCUT2D eigenvalue weighted by molar-refractivity contribution is 0.0641. The van der Waals surface area contributed by atoms with Crippen LogP contribution in [0.25, 0.3) is 0 Å². The maximum atomic E-state index is 12.7. The third kappa shape index (κ3) is 2.88. The number of aryl methyl sites for hydroxylation is 1. The lowest BCUT2D eigenvalue weighted by atomic mass is 10.1. The molecule has 0 aromatic heterocycles. The lowest BCUT2D eigenvalue weighted by Gasteiger charge is -2.35. The van der Waals surface area contributed by atoms with E-state index in [0.29, 0.717) is 24.4 Å². The van der Waals surface area contributed by atoms with Gasteiger partial charge in [-0.3, -0.25) is 4.79 Å². The molecule has 19 heavy (non-hydrogen) atoms. The first kappa shape index (κ1) is 13.8. The molecule has 0 radical (unpaired) electrons. The van der Waals surface area contributed by atoms with Crippen LogP contribution in [0.1, 0.15) is 15.9 Å². The second-order valence-corrected chi connectivity index (χ2v) is 4.80. The van der Waals surface area contributed by atoms with E-state index < -0.39 is 0 Å². The van der Waals surface area contributed by atoms with Crippen LogP contribution in [0.3, 0.4) is 0 Å². The van der Waals surface area contributed by atoms with Crippen LogP contribution in [0.5, 0.6) is 5.75 Å². The minimum atomic E-state index is -0.00231. The molecule has 1 saturated heterocycles. The van der Waals surface area contributed by atoms with Gasteiger partial charge in [0.2, 0.25) is 0 Å². The molecule has 0 saturated carbocycles. The summed E-state index contributed by atoms with van der Waals surface area (Å²) in [4.78, 5) is 14.5. The Morgan fingerprint density at radius 2 is 2.37 bits per heavy atom. The first-order valence-corrected chi connectivity index (χ1v) is 6.53. The van der Waals surface area contributed by atoms with Gasteiger partial charge in [-0.1, -0.05) is 11.6 Å². The molecule has 2 rings (SSSR count). The Hall–Kier alpha value is -1.59. The van der Waals surface area contributed by atoms with Crippen LogP contribution in [-0.4, -0.2) is 50.1 Å². The van der Waals surface area contributed by atoms with Crippen molar-refractivity contribution in [3.8, 4) is 5.75 Å². The van der Waals surface area contributed by atoms with Gasteiger partial charge in [0.05, 0.1) is 18.7 Å². The van der Waals surface area contributed by atoms with E-state index >= 15 is 0 Å². The highest BCUT2D eigenvalue weighted by Crippen LogP contribution is 2.22. The maximum absolute atomic E-state index is 12.7. The molecule has 1 unspecified atom stereocenters. The molecule has 5 heteroatoms. The molecule has 1 heterocycles. The van der Waals surface area contributed by atoms with Gasteiger partial charge in [-0.25, -0.2) is 0 Å². The molecule has 1 aromatic rings. The standard InChI is InChI=1S/C14H21N3O2/c1-10-3-4-13(19-2)12(7-10)14(18)17-6-5-16-9-11(17)8-15/h3-4,7,11,16H,5-6,8-9,15H2,1-2H3. The smallest absolute Gasteiger partial charge is 0.258 e. The minimum Gasteiger partial charge on any atom is -0.496 e. The van der Waals surface area contributed by atoms with E-state index in [4.69, 9.17) is 10.5 Å². The number of carbonyl (C=O) groups is 1. The molecule has 1 amide bonds.